The van der Waals surface area contributed by atoms with Crippen molar-refractivity contribution in [3.63, 3.8) is 0 Å². The summed E-state index contributed by atoms with van der Waals surface area (Å²) >= 11 is 0. The second-order valence-electron chi connectivity index (χ2n) is 7.03. The van der Waals surface area contributed by atoms with Gasteiger partial charge in [-0.1, -0.05) is 38.1 Å². The molecule has 4 nitrogen and oxygen atoms in total. The minimum absolute atomic E-state index is 0. The predicted molar refractivity (Wildman–Crippen MR) is 113 cm³/mol. The lowest BCUT2D eigenvalue weighted by Crippen LogP contribution is -2.21. The number of anilines is 1. The molecule has 0 aliphatic rings. The summed E-state index contributed by atoms with van der Waals surface area (Å²) in [5.74, 6) is 0.672. The molecular weight excluding hydrogens is 363 g/mol. The lowest BCUT2D eigenvalue weighted by atomic mass is 10.00. The van der Waals surface area contributed by atoms with Gasteiger partial charge in [-0.05, 0) is 43.6 Å². The molecule has 0 radical (unpaired) electrons. The topological polar surface area (TPSA) is 41.1 Å². The molecule has 144 valence electrons. The molecule has 3 rings (SSSR count). The maximum atomic E-state index is 14.2. The molecule has 0 atom stereocenters. The Labute approximate surface area is 166 Å². The van der Waals surface area contributed by atoms with Gasteiger partial charge in [-0.15, -0.1) is 12.4 Å². The molecule has 0 aliphatic carbocycles. The smallest absolute Gasteiger partial charge is 0.223 e. The molecule has 1 heterocycles. The number of hydrogen-bond donors (Lipinski definition) is 1. The maximum Gasteiger partial charge on any atom is 0.223 e. The van der Waals surface area contributed by atoms with Crippen LogP contribution in [-0.4, -0.2) is 42.1 Å². The van der Waals surface area contributed by atoms with Crippen LogP contribution < -0.4 is 5.32 Å². The van der Waals surface area contributed by atoms with E-state index < -0.39 is 0 Å². The van der Waals surface area contributed by atoms with Gasteiger partial charge in [0.1, 0.15) is 5.82 Å². The van der Waals surface area contributed by atoms with E-state index in [1.807, 2.05) is 38.4 Å². The highest BCUT2D eigenvalue weighted by molar-refractivity contribution is 5.96. The average Bonchev–Trinajstić information content (AvgIpc) is 2.61. The van der Waals surface area contributed by atoms with E-state index in [9.17, 15) is 4.39 Å². The molecule has 0 saturated carbocycles. The second kappa shape index (κ2) is 9.11. The van der Waals surface area contributed by atoms with E-state index >= 15 is 0 Å². The van der Waals surface area contributed by atoms with E-state index in [-0.39, 0.29) is 24.1 Å². The Balaban J connectivity index is 0.00000261. The van der Waals surface area contributed by atoms with Crippen LogP contribution >= 0.6 is 12.4 Å². The number of aromatic nitrogens is 2. The normalized spacial score (nSPS) is 11.1. The first-order chi connectivity index (χ1) is 12.5. The zero-order valence-electron chi connectivity index (χ0n) is 16.2. The molecule has 0 fully saturated rings. The fourth-order valence-electron chi connectivity index (χ4n) is 2.86. The Bertz CT molecular complexity index is 912. The molecule has 0 spiro atoms. The largest absolute Gasteiger partial charge is 0.353 e. The van der Waals surface area contributed by atoms with Gasteiger partial charge in [-0.25, -0.2) is 14.4 Å². The van der Waals surface area contributed by atoms with Crippen molar-refractivity contribution in [2.45, 2.75) is 19.8 Å². The number of nitrogens with one attached hydrogen (secondary N) is 1. The Hall–Kier alpha value is -2.24. The number of benzene rings is 2. The van der Waals surface area contributed by atoms with Gasteiger partial charge < -0.3 is 10.2 Å². The standard InChI is InChI=1S/C21H25FN4.ClH/c1-14(2)19-13-20(25-21(24-19)23-11-12-26(3)4)17-9-10-18(22)16-8-6-5-7-15(16)17;/h5-10,13-14H,11-12H2,1-4H3,(H,23,24,25);1H. The molecule has 1 N–H and O–H groups in total. The van der Waals surface area contributed by atoms with Crippen LogP contribution in [0.1, 0.15) is 25.5 Å². The summed E-state index contributed by atoms with van der Waals surface area (Å²) in [5, 5.41) is 4.77. The van der Waals surface area contributed by atoms with Crippen molar-refractivity contribution in [2.24, 2.45) is 0 Å². The number of hydrogen-bond acceptors (Lipinski definition) is 4. The van der Waals surface area contributed by atoms with Crippen molar-refractivity contribution < 1.29 is 4.39 Å². The van der Waals surface area contributed by atoms with Crippen LogP contribution in [0.25, 0.3) is 22.0 Å². The number of fused-ring (bicyclic) bond motifs is 1. The van der Waals surface area contributed by atoms with E-state index in [4.69, 9.17) is 4.98 Å². The van der Waals surface area contributed by atoms with Gasteiger partial charge in [0.05, 0.1) is 5.69 Å². The number of likely N-dealkylation sites (N-methyl/N-ethyl adjacent to an activating group) is 1. The van der Waals surface area contributed by atoms with Gasteiger partial charge in [-0.3, -0.25) is 0 Å². The van der Waals surface area contributed by atoms with E-state index in [0.717, 1.165) is 35.4 Å². The molecular formula is C21H26ClFN4. The van der Waals surface area contributed by atoms with Crippen molar-refractivity contribution in [1.29, 1.82) is 0 Å². The van der Waals surface area contributed by atoms with Crippen molar-refractivity contribution >= 4 is 29.1 Å². The molecule has 0 amide bonds. The third-order valence-electron chi connectivity index (χ3n) is 4.33. The summed E-state index contributed by atoms with van der Waals surface area (Å²) in [6.07, 6.45) is 0. The highest BCUT2D eigenvalue weighted by Gasteiger charge is 2.13. The fourth-order valence-corrected chi connectivity index (χ4v) is 2.86. The van der Waals surface area contributed by atoms with E-state index in [2.05, 4.69) is 29.0 Å². The van der Waals surface area contributed by atoms with Gasteiger partial charge >= 0.3 is 0 Å². The first-order valence-electron chi connectivity index (χ1n) is 8.91. The maximum absolute atomic E-state index is 14.2. The summed E-state index contributed by atoms with van der Waals surface area (Å²) in [5.41, 5.74) is 2.70. The van der Waals surface area contributed by atoms with Crippen molar-refractivity contribution in [2.75, 3.05) is 32.5 Å². The Morgan fingerprint density at radius 1 is 1.04 bits per heavy atom. The first kappa shape index (κ1) is 21.1. The Morgan fingerprint density at radius 2 is 1.74 bits per heavy atom. The summed E-state index contributed by atoms with van der Waals surface area (Å²) in [4.78, 5) is 11.4. The van der Waals surface area contributed by atoms with Crippen LogP contribution in [0.15, 0.2) is 42.5 Å². The molecule has 3 aromatic rings. The molecule has 0 bridgehead atoms. The predicted octanol–water partition coefficient (Wildman–Crippen LogP) is 4.95. The highest BCUT2D eigenvalue weighted by Crippen LogP contribution is 2.31. The molecule has 27 heavy (non-hydrogen) atoms. The van der Waals surface area contributed by atoms with Crippen LogP contribution in [0, 0.1) is 5.82 Å². The minimum Gasteiger partial charge on any atom is -0.353 e. The number of halogens is 2. The fraction of sp³-hybridized carbons (Fsp3) is 0.333. The molecule has 0 aliphatic heterocycles. The Kier molecular flexibility index (Phi) is 7.11. The number of nitrogens with zero attached hydrogens (tertiary/aromatic N) is 3. The van der Waals surface area contributed by atoms with E-state index in [0.29, 0.717) is 11.3 Å². The van der Waals surface area contributed by atoms with Crippen LogP contribution in [0.3, 0.4) is 0 Å². The van der Waals surface area contributed by atoms with Crippen LogP contribution in [0.4, 0.5) is 10.3 Å². The van der Waals surface area contributed by atoms with Gasteiger partial charge in [-0.2, -0.15) is 0 Å². The molecule has 0 saturated heterocycles. The third kappa shape index (κ3) is 4.93. The van der Waals surface area contributed by atoms with Gasteiger partial charge in [0, 0.05) is 29.7 Å². The van der Waals surface area contributed by atoms with Crippen molar-refractivity contribution in [3.8, 4) is 11.3 Å². The summed E-state index contributed by atoms with van der Waals surface area (Å²) < 4.78 is 14.2. The molecule has 0 unspecified atom stereocenters. The van der Waals surface area contributed by atoms with Crippen LogP contribution in [0.5, 0.6) is 0 Å². The SMILES string of the molecule is CC(C)c1cc(-c2ccc(F)c3ccccc23)nc(NCCN(C)C)n1.Cl. The van der Waals surface area contributed by atoms with Crippen LogP contribution in [0.2, 0.25) is 0 Å². The monoisotopic (exact) mass is 388 g/mol. The van der Waals surface area contributed by atoms with Crippen molar-refractivity contribution in [3.05, 3.63) is 54.0 Å². The van der Waals surface area contributed by atoms with E-state index in [1.54, 1.807) is 12.1 Å². The zero-order chi connectivity index (χ0) is 18.7. The summed E-state index contributed by atoms with van der Waals surface area (Å²) in [7, 11) is 4.06. The summed E-state index contributed by atoms with van der Waals surface area (Å²) in [6.45, 7) is 5.87. The lowest BCUT2D eigenvalue weighted by molar-refractivity contribution is 0.425. The second-order valence-corrected chi connectivity index (χ2v) is 7.03. The lowest BCUT2D eigenvalue weighted by Gasteiger charge is -2.14. The minimum atomic E-state index is -0.216. The molecule has 6 heteroatoms. The molecule has 2 aromatic carbocycles. The van der Waals surface area contributed by atoms with E-state index in [1.165, 1.54) is 6.07 Å². The zero-order valence-corrected chi connectivity index (χ0v) is 17.0. The average molecular weight is 389 g/mol. The van der Waals surface area contributed by atoms with Crippen molar-refractivity contribution in [1.82, 2.24) is 14.9 Å². The first-order valence-corrected chi connectivity index (χ1v) is 8.91. The highest BCUT2D eigenvalue weighted by atomic mass is 35.5. The van der Waals surface area contributed by atoms with Gasteiger partial charge in [0.15, 0.2) is 0 Å². The number of rotatable bonds is 6. The molecule has 1 aromatic heterocycles. The summed E-state index contributed by atoms with van der Waals surface area (Å²) in [6, 6.07) is 12.8. The van der Waals surface area contributed by atoms with Gasteiger partial charge in [0.2, 0.25) is 5.95 Å². The Morgan fingerprint density at radius 3 is 2.41 bits per heavy atom. The van der Waals surface area contributed by atoms with Gasteiger partial charge in [0.25, 0.3) is 0 Å². The quantitative estimate of drug-likeness (QED) is 0.648. The third-order valence-corrected chi connectivity index (χ3v) is 4.33. The van der Waals surface area contributed by atoms with Crippen LogP contribution in [-0.2, 0) is 0 Å².